The number of halogens is 2. The summed E-state index contributed by atoms with van der Waals surface area (Å²) in [7, 11) is 0. The molecule has 1 saturated carbocycles. The molecule has 1 N–H and O–H groups in total. The van der Waals surface area contributed by atoms with E-state index in [0.717, 1.165) is 12.8 Å². The quantitative estimate of drug-likeness (QED) is 0.844. The summed E-state index contributed by atoms with van der Waals surface area (Å²) in [5, 5.41) is 9.48. The molecule has 6 heteroatoms. The Kier molecular flexibility index (Phi) is 3.62. The number of nitrogens with zero attached hydrogens (tertiary/aromatic N) is 1. The topological polar surface area (TPSA) is 57.6 Å². The third-order valence-corrected chi connectivity index (χ3v) is 3.94. The lowest BCUT2D eigenvalue weighted by atomic mass is 9.89. The Labute approximate surface area is 118 Å². The first-order chi connectivity index (χ1) is 8.91. The number of hydrogen-bond acceptors (Lipinski definition) is 2. The minimum Gasteiger partial charge on any atom is -0.479 e. The number of carboxylic acids is 1. The molecule has 0 spiro atoms. The highest BCUT2D eigenvalue weighted by atomic mass is 79.9. The summed E-state index contributed by atoms with van der Waals surface area (Å²) in [4.78, 5) is 24.0. The molecule has 1 fully saturated rings. The molecule has 2 rings (SSSR count). The van der Waals surface area contributed by atoms with E-state index in [-0.39, 0.29) is 11.6 Å². The Hall–Kier alpha value is -1.43. The third kappa shape index (κ3) is 2.36. The predicted molar refractivity (Wildman–Crippen MR) is 70.0 cm³/mol. The van der Waals surface area contributed by atoms with E-state index < -0.39 is 17.3 Å². The molecule has 1 aliphatic rings. The first-order valence-corrected chi connectivity index (χ1v) is 6.63. The molecule has 0 saturated heterocycles. The molecule has 1 aromatic carbocycles. The lowest BCUT2D eigenvalue weighted by Gasteiger charge is -2.36. The summed E-state index contributed by atoms with van der Waals surface area (Å²) in [5.41, 5.74) is -1.70. The zero-order chi connectivity index (χ0) is 14.2. The van der Waals surface area contributed by atoms with Gasteiger partial charge in [0.1, 0.15) is 5.82 Å². The van der Waals surface area contributed by atoms with Gasteiger partial charge in [0.15, 0.2) is 5.54 Å². The van der Waals surface area contributed by atoms with Crippen molar-refractivity contribution in [1.29, 1.82) is 0 Å². The van der Waals surface area contributed by atoms with Crippen molar-refractivity contribution < 1.29 is 19.1 Å². The molecular weight excluding hydrogens is 317 g/mol. The van der Waals surface area contributed by atoms with Crippen LogP contribution in [0, 0.1) is 5.82 Å². The Morgan fingerprint density at radius 3 is 2.63 bits per heavy atom. The maximum absolute atomic E-state index is 14.1. The van der Waals surface area contributed by atoms with Crippen LogP contribution in [0.5, 0.6) is 0 Å². The van der Waals surface area contributed by atoms with Crippen molar-refractivity contribution in [2.75, 3.05) is 0 Å². The second-order valence-electron chi connectivity index (χ2n) is 4.75. The van der Waals surface area contributed by atoms with Crippen LogP contribution < -0.4 is 0 Å². The Balaban J connectivity index is 2.54. The van der Waals surface area contributed by atoms with Crippen LogP contribution >= 0.6 is 15.9 Å². The Bertz CT molecular complexity index is 533. The smallest absolute Gasteiger partial charge is 0.334 e. The van der Waals surface area contributed by atoms with E-state index in [1.807, 2.05) is 0 Å². The number of hydrogen-bond donors (Lipinski definition) is 1. The molecule has 0 bridgehead atoms. The van der Waals surface area contributed by atoms with E-state index in [0.29, 0.717) is 10.9 Å². The van der Waals surface area contributed by atoms with Crippen molar-refractivity contribution in [1.82, 2.24) is 4.90 Å². The Morgan fingerprint density at radius 2 is 2.21 bits per heavy atom. The maximum atomic E-state index is 14.1. The van der Waals surface area contributed by atoms with E-state index >= 15 is 0 Å². The second kappa shape index (κ2) is 4.92. The summed E-state index contributed by atoms with van der Waals surface area (Å²) >= 11 is 3.12. The molecule has 4 nitrogen and oxygen atoms in total. The number of amides is 1. The average molecular weight is 330 g/mol. The summed E-state index contributed by atoms with van der Waals surface area (Å²) in [6, 6.07) is 4.04. The fourth-order valence-electron chi connectivity index (χ4n) is 2.16. The van der Waals surface area contributed by atoms with Gasteiger partial charge in [0.2, 0.25) is 6.41 Å². The number of carbonyl (C=O) groups excluding carboxylic acids is 1. The highest BCUT2D eigenvalue weighted by Gasteiger charge is 2.48. The van der Waals surface area contributed by atoms with Crippen LogP contribution in [0.1, 0.15) is 25.3 Å². The number of rotatable bonds is 5. The molecule has 19 heavy (non-hydrogen) atoms. The summed E-state index contributed by atoms with van der Waals surface area (Å²) in [6.45, 7) is 1.36. The summed E-state index contributed by atoms with van der Waals surface area (Å²) in [5.74, 6) is -1.89. The van der Waals surface area contributed by atoms with Crippen molar-refractivity contribution in [3.05, 3.63) is 34.1 Å². The number of aliphatic carboxylic acids is 1. The molecule has 1 aliphatic carbocycles. The molecule has 0 aliphatic heterocycles. The molecule has 0 heterocycles. The first-order valence-electron chi connectivity index (χ1n) is 5.84. The van der Waals surface area contributed by atoms with Gasteiger partial charge in [0.05, 0.1) is 0 Å². The molecular formula is C13H13BrFNO3. The van der Waals surface area contributed by atoms with Crippen LogP contribution in [-0.4, -0.2) is 28.4 Å². The monoisotopic (exact) mass is 329 g/mol. The average Bonchev–Trinajstić information content (AvgIpc) is 3.13. The molecule has 1 unspecified atom stereocenters. The third-order valence-electron chi connectivity index (χ3n) is 3.44. The van der Waals surface area contributed by atoms with Gasteiger partial charge in [-0.15, -0.1) is 0 Å². The first kappa shape index (κ1) is 14.0. The van der Waals surface area contributed by atoms with Gasteiger partial charge in [-0.1, -0.05) is 22.0 Å². The van der Waals surface area contributed by atoms with Gasteiger partial charge in [-0.25, -0.2) is 9.18 Å². The van der Waals surface area contributed by atoms with Crippen LogP contribution in [0.2, 0.25) is 0 Å². The molecule has 0 aromatic heterocycles. The SMILES string of the molecule is CC(C(=O)O)(c1ccc(Br)cc1F)N(C=O)C1CC1. The molecule has 1 aromatic rings. The van der Waals surface area contributed by atoms with Gasteiger partial charge in [-0.3, -0.25) is 4.79 Å². The van der Waals surface area contributed by atoms with Gasteiger partial charge in [-0.05, 0) is 31.9 Å². The second-order valence-corrected chi connectivity index (χ2v) is 5.66. The minimum absolute atomic E-state index is 0.0119. The van der Waals surface area contributed by atoms with Crippen LogP contribution in [0.25, 0.3) is 0 Å². The van der Waals surface area contributed by atoms with Crippen LogP contribution in [0.3, 0.4) is 0 Å². The zero-order valence-electron chi connectivity index (χ0n) is 10.3. The molecule has 1 amide bonds. The molecule has 1 atom stereocenters. The van der Waals surface area contributed by atoms with Crippen LogP contribution in [0.15, 0.2) is 22.7 Å². The van der Waals surface area contributed by atoms with E-state index in [9.17, 15) is 19.1 Å². The maximum Gasteiger partial charge on any atom is 0.334 e. The van der Waals surface area contributed by atoms with E-state index in [1.54, 1.807) is 6.07 Å². The highest BCUT2D eigenvalue weighted by Crippen LogP contribution is 2.38. The van der Waals surface area contributed by atoms with E-state index in [4.69, 9.17) is 0 Å². The van der Waals surface area contributed by atoms with E-state index in [2.05, 4.69) is 15.9 Å². The fraction of sp³-hybridized carbons (Fsp3) is 0.385. The standard InChI is InChI=1S/C13H13BrFNO3/c1-13(12(18)19,16(7-17)9-3-4-9)10-5-2-8(14)6-11(10)15/h2,5-7,9H,3-4H2,1H3,(H,18,19). The number of carboxylic acid groups (broad SMARTS) is 1. The molecule has 102 valence electrons. The van der Waals surface area contributed by atoms with Crippen molar-refractivity contribution in [2.24, 2.45) is 0 Å². The zero-order valence-corrected chi connectivity index (χ0v) is 11.9. The number of carbonyl (C=O) groups is 2. The van der Waals surface area contributed by atoms with E-state index in [1.165, 1.54) is 24.0 Å². The number of benzene rings is 1. The normalized spacial score (nSPS) is 17.6. The van der Waals surface area contributed by atoms with Crippen LogP contribution in [-0.2, 0) is 15.1 Å². The highest BCUT2D eigenvalue weighted by molar-refractivity contribution is 9.10. The molecule has 0 radical (unpaired) electrons. The van der Waals surface area contributed by atoms with Gasteiger partial charge >= 0.3 is 5.97 Å². The van der Waals surface area contributed by atoms with Crippen molar-refractivity contribution in [2.45, 2.75) is 31.3 Å². The van der Waals surface area contributed by atoms with Gasteiger partial charge in [0, 0.05) is 16.1 Å². The van der Waals surface area contributed by atoms with Crippen molar-refractivity contribution in [3.8, 4) is 0 Å². The van der Waals surface area contributed by atoms with Crippen molar-refractivity contribution in [3.63, 3.8) is 0 Å². The summed E-state index contributed by atoms with van der Waals surface area (Å²) < 4.78 is 14.6. The van der Waals surface area contributed by atoms with Gasteiger partial charge < -0.3 is 10.0 Å². The van der Waals surface area contributed by atoms with Gasteiger partial charge in [-0.2, -0.15) is 0 Å². The van der Waals surface area contributed by atoms with Gasteiger partial charge in [0.25, 0.3) is 0 Å². The minimum atomic E-state index is -1.69. The predicted octanol–water partition coefficient (Wildman–Crippen LogP) is 2.51. The summed E-state index contributed by atoms with van der Waals surface area (Å²) in [6.07, 6.45) is 1.99. The fourth-order valence-corrected chi connectivity index (χ4v) is 2.49. The largest absolute Gasteiger partial charge is 0.479 e. The lowest BCUT2D eigenvalue weighted by Crippen LogP contribution is -2.50. The Morgan fingerprint density at radius 1 is 1.58 bits per heavy atom. The van der Waals surface area contributed by atoms with Crippen LogP contribution in [0.4, 0.5) is 4.39 Å². The lowest BCUT2D eigenvalue weighted by molar-refractivity contribution is -0.155. The van der Waals surface area contributed by atoms with Crippen molar-refractivity contribution >= 4 is 28.3 Å².